The zero-order valence-electron chi connectivity index (χ0n) is 10.7. The lowest BCUT2D eigenvalue weighted by molar-refractivity contribution is 0.415. The van der Waals surface area contributed by atoms with E-state index in [1.54, 1.807) is 7.11 Å². The minimum Gasteiger partial charge on any atom is -0.497 e. The van der Waals surface area contributed by atoms with Gasteiger partial charge in [0, 0.05) is 21.1 Å². The number of methoxy groups -OCH3 is 1. The molecule has 0 saturated carbocycles. The maximum absolute atomic E-state index is 5.97. The Kier molecular flexibility index (Phi) is 3.58. The van der Waals surface area contributed by atoms with Crippen molar-refractivity contribution in [2.45, 2.75) is 10.1 Å². The van der Waals surface area contributed by atoms with Gasteiger partial charge >= 0.3 is 0 Å². The standard InChI is InChI=1S/C14H12BrN3OS/c1-19-9-3-5-11-12(7-9)18-14(17-11)20-13-6-8(15)2-4-10(13)16/h2-7H,16H2,1H3,(H,17,18). The van der Waals surface area contributed by atoms with E-state index in [2.05, 4.69) is 25.9 Å². The molecule has 2 aromatic carbocycles. The van der Waals surface area contributed by atoms with Crippen LogP contribution < -0.4 is 10.5 Å². The molecule has 0 radical (unpaired) electrons. The summed E-state index contributed by atoms with van der Waals surface area (Å²) in [6.45, 7) is 0. The van der Waals surface area contributed by atoms with Gasteiger partial charge in [0.2, 0.25) is 0 Å². The highest BCUT2D eigenvalue weighted by molar-refractivity contribution is 9.10. The normalized spacial score (nSPS) is 10.9. The first-order valence-corrected chi connectivity index (χ1v) is 7.53. The average Bonchev–Trinajstić information content (AvgIpc) is 2.84. The second-order valence-corrected chi connectivity index (χ2v) is 6.16. The summed E-state index contributed by atoms with van der Waals surface area (Å²) in [5.41, 5.74) is 8.56. The van der Waals surface area contributed by atoms with Crippen molar-refractivity contribution in [2.75, 3.05) is 12.8 Å². The Bertz CT molecular complexity index is 772. The molecule has 1 aromatic heterocycles. The van der Waals surface area contributed by atoms with Crippen LogP contribution in [-0.4, -0.2) is 17.1 Å². The number of anilines is 1. The van der Waals surface area contributed by atoms with Crippen LogP contribution in [-0.2, 0) is 0 Å². The van der Waals surface area contributed by atoms with Gasteiger partial charge in [-0.3, -0.25) is 0 Å². The largest absolute Gasteiger partial charge is 0.497 e. The molecule has 0 atom stereocenters. The van der Waals surface area contributed by atoms with E-state index in [0.29, 0.717) is 0 Å². The predicted molar refractivity (Wildman–Crippen MR) is 85.3 cm³/mol. The topological polar surface area (TPSA) is 63.9 Å². The Labute approximate surface area is 128 Å². The second-order valence-electron chi connectivity index (χ2n) is 4.21. The number of nitrogens with zero attached hydrogens (tertiary/aromatic N) is 1. The van der Waals surface area contributed by atoms with E-state index in [4.69, 9.17) is 10.5 Å². The van der Waals surface area contributed by atoms with Crippen molar-refractivity contribution in [3.63, 3.8) is 0 Å². The number of nitrogens with one attached hydrogen (secondary N) is 1. The van der Waals surface area contributed by atoms with Gasteiger partial charge in [-0.2, -0.15) is 0 Å². The summed E-state index contributed by atoms with van der Waals surface area (Å²) >= 11 is 4.95. The van der Waals surface area contributed by atoms with Gasteiger partial charge < -0.3 is 15.5 Å². The minimum atomic E-state index is 0.733. The second kappa shape index (κ2) is 5.38. The average molecular weight is 350 g/mol. The number of rotatable bonds is 3. The molecule has 0 fully saturated rings. The number of benzene rings is 2. The highest BCUT2D eigenvalue weighted by atomic mass is 79.9. The third kappa shape index (κ3) is 2.62. The number of aromatic amines is 1. The SMILES string of the molecule is COc1ccc2nc(Sc3cc(Br)ccc3N)[nH]c2c1. The van der Waals surface area contributed by atoms with Crippen LogP contribution in [0.1, 0.15) is 0 Å². The number of aromatic nitrogens is 2. The predicted octanol–water partition coefficient (Wildman–Crippen LogP) is 4.07. The molecule has 6 heteroatoms. The molecule has 0 saturated heterocycles. The van der Waals surface area contributed by atoms with Crippen LogP contribution >= 0.6 is 27.7 Å². The zero-order chi connectivity index (χ0) is 14.1. The van der Waals surface area contributed by atoms with Crippen molar-refractivity contribution in [1.82, 2.24) is 9.97 Å². The van der Waals surface area contributed by atoms with E-state index >= 15 is 0 Å². The lowest BCUT2D eigenvalue weighted by Gasteiger charge is -2.03. The number of hydrogen-bond acceptors (Lipinski definition) is 4. The van der Waals surface area contributed by atoms with Gasteiger partial charge in [-0.25, -0.2) is 4.98 Å². The van der Waals surface area contributed by atoms with E-state index in [1.807, 2.05) is 36.4 Å². The molecule has 0 aliphatic heterocycles. The molecule has 0 amide bonds. The molecule has 20 heavy (non-hydrogen) atoms. The number of hydrogen-bond donors (Lipinski definition) is 2. The van der Waals surface area contributed by atoms with E-state index in [0.717, 1.165) is 37.0 Å². The number of halogens is 1. The highest BCUT2D eigenvalue weighted by Gasteiger charge is 2.08. The van der Waals surface area contributed by atoms with E-state index in [1.165, 1.54) is 11.8 Å². The number of nitrogen functional groups attached to an aromatic ring is 1. The van der Waals surface area contributed by atoms with Crippen molar-refractivity contribution in [3.8, 4) is 5.75 Å². The summed E-state index contributed by atoms with van der Waals surface area (Å²) in [6, 6.07) is 11.5. The Morgan fingerprint density at radius 2 is 2.10 bits per heavy atom. The van der Waals surface area contributed by atoms with Crippen LogP contribution in [0.25, 0.3) is 11.0 Å². The molecule has 0 unspecified atom stereocenters. The molecule has 0 spiro atoms. The maximum Gasteiger partial charge on any atom is 0.171 e. The van der Waals surface area contributed by atoms with Gasteiger partial charge in [0.1, 0.15) is 5.75 Å². The molecule has 102 valence electrons. The van der Waals surface area contributed by atoms with Crippen LogP contribution in [0.4, 0.5) is 5.69 Å². The molecule has 0 bridgehead atoms. The summed E-state index contributed by atoms with van der Waals surface area (Å²) in [6.07, 6.45) is 0. The van der Waals surface area contributed by atoms with Crippen molar-refractivity contribution in [2.24, 2.45) is 0 Å². The summed E-state index contributed by atoms with van der Waals surface area (Å²) in [5.74, 6) is 0.805. The Morgan fingerprint density at radius 1 is 1.25 bits per heavy atom. The van der Waals surface area contributed by atoms with Gasteiger partial charge in [0.05, 0.1) is 18.1 Å². The molecule has 3 rings (SSSR count). The number of H-pyrrole nitrogens is 1. The Hall–Kier alpha value is -1.66. The first-order valence-electron chi connectivity index (χ1n) is 5.92. The molecular weight excluding hydrogens is 338 g/mol. The smallest absolute Gasteiger partial charge is 0.171 e. The molecule has 3 N–H and O–H groups in total. The zero-order valence-corrected chi connectivity index (χ0v) is 13.1. The Morgan fingerprint density at radius 3 is 2.90 bits per heavy atom. The van der Waals surface area contributed by atoms with Crippen molar-refractivity contribution in [1.29, 1.82) is 0 Å². The lowest BCUT2D eigenvalue weighted by atomic mass is 10.3. The lowest BCUT2D eigenvalue weighted by Crippen LogP contribution is -1.88. The van der Waals surface area contributed by atoms with Crippen LogP contribution in [0.3, 0.4) is 0 Å². The minimum absolute atomic E-state index is 0.733. The number of fused-ring (bicyclic) bond motifs is 1. The molecule has 0 aliphatic rings. The third-order valence-corrected chi connectivity index (χ3v) is 4.30. The van der Waals surface area contributed by atoms with Gasteiger partial charge in [-0.05, 0) is 42.1 Å². The molecule has 1 heterocycles. The maximum atomic E-state index is 5.97. The molecule has 4 nitrogen and oxygen atoms in total. The Balaban J connectivity index is 1.96. The number of imidazole rings is 1. The van der Waals surface area contributed by atoms with E-state index in [-0.39, 0.29) is 0 Å². The van der Waals surface area contributed by atoms with Gasteiger partial charge in [-0.15, -0.1) is 0 Å². The van der Waals surface area contributed by atoms with Gasteiger partial charge in [-0.1, -0.05) is 15.9 Å². The first kappa shape index (κ1) is 13.3. The fourth-order valence-electron chi connectivity index (χ4n) is 1.84. The summed E-state index contributed by atoms with van der Waals surface area (Å²) in [7, 11) is 1.65. The fourth-order valence-corrected chi connectivity index (χ4v) is 3.24. The van der Waals surface area contributed by atoms with Crippen molar-refractivity contribution < 1.29 is 4.74 Å². The van der Waals surface area contributed by atoms with Gasteiger partial charge in [0.15, 0.2) is 5.16 Å². The molecule has 0 aliphatic carbocycles. The van der Waals surface area contributed by atoms with E-state index < -0.39 is 0 Å². The number of nitrogens with two attached hydrogens (primary N) is 1. The monoisotopic (exact) mass is 349 g/mol. The number of ether oxygens (including phenoxy) is 1. The van der Waals surface area contributed by atoms with E-state index in [9.17, 15) is 0 Å². The van der Waals surface area contributed by atoms with Crippen molar-refractivity contribution >= 4 is 44.4 Å². The van der Waals surface area contributed by atoms with Crippen LogP contribution in [0, 0.1) is 0 Å². The third-order valence-electron chi connectivity index (χ3n) is 2.85. The highest BCUT2D eigenvalue weighted by Crippen LogP contribution is 2.33. The fraction of sp³-hybridized carbons (Fsp3) is 0.0714. The first-order chi connectivity index (χ1) is 9.65. The summed E-state index contributed by atoms with van der Waals surface area (Å²) < 4.78 is 6.20. The molecule has 3 aromatic rings. The van der Waals surface area contributed by atoms with Crippen molar-refractivity contribution in [3.05, 3.63) is 40.9 Å². The quantitative estimate of drug-likeness (QED) is 0.699. The molecular formula is C14H12BrN3OS. The van der Waals surface area contributed by atoms with Gasteiger partial charge in [0.25, 0.3) is 0 Å². The summed E-state index contributed by atoms with van der Waals surface area (Å²) in [5, 5.41) is 0.804. The van der Waals surface area contributed by atoms with Crippen LogP contribution in [0.2, 0.25) is 0 Å². The summed E-state index contributed by atoms with van der Waals surface area (Å²) in [4.78, 5) is 8.76. The van der Waals surface area contributed by atoms with Crippen LogP contribution in [0.5, 0.6) is 5.75 Å². The van der Waals surface area contributed by atoms with Crippen LogP contribution in [0.15, 0.2) is 50.9 Å².